The summed E-state index contributed by atoms with van der Waals surface area (Å²) in [6, 6.07) is 11.5. The minimum Gasteiger partial charge on any atom is -0.508 e. The Morgan fingerprint density at radius 1 is 0.852 bits per heavy atom. The van der Waals surface area contributed by atoms with Gasteiger partial charge in [0.25, 0.3) is 11.8 Å². The standard InChI is InChI=1S/C20H22N2O5/c1-26-16-7-4-8-17(27-2)18(16)20(25)22-11-9-21(10-12-22)19(24)14-5-3-6-15(23)13-14/h3-8,13,23H,9-12H2,1-2H3. The highest BCUT2D eigenvalue weighted by molar-refractivity contribution is 6.00. The Balaban J connectivity index is 1.71. The van der Waals surface area contributed by atoms with Crippen LogP contribution in [0, 0.1) is 0 Å². The molecule has 1 fully saturated rings. The number of phenolic OH excluding ortho intramolecular Hbond substituents is 1. The zero-order valence-electron chi connectivity index (χ0n) is 15.3. The van der Waals surface area contributed by atoms with Crippen molar-refractivity contribution >= 4 is 11.8 Å². The van der Waals surface area contributed by atoms with E-state index in [9.17, 15) is 14.7 Å². The molecule has 1 aliphatic heterocycles. The summed E-state index contributed by atoms with van der Waals surface area (Å²) >= 11 is 0. The minimum absolute atomic E-state index is 0.0536. The Kier molecular flexibility index (Phi) is 5.49. The molecule has 1 saturated heterocycles. The number of benzene rings is 2. The molecule has 0 unspecified atom stereocenters. The highest BCUT2D eigenvalue weighted by Crippen LogP contribution is 2.30. The van der Waals surface area contributed by atoms with Gasteiger partial charge in [-0.25, -0.2) is 0 Å². The normalized spacial score (nSPS) is 14.0. The van der Waals surface area contributed by atoms with E-state index in [0.717, 1.165) is 0 Å². The zero-order valence-corrected chi connectivity index (χ0v) is 15.3. The molecule has 142 valence electrons. The van der Waals surface area contributed by atoms with Crippen molar-refractivity contribution in [3.8, 4) is 17.2 Å². The van der Waals surface area contributed by atoms with E-state index < -0.39 is 0 Å². The van der Waals surface area contributed by atoms with Crippen molar-refractivity contribution in [1.29, 1.82) is 0 Å². The molecular weight excluding hydrogens is 348 g/mol. The number of aromatic hydroxyl groups is 1. The van der Waals surface area contributed by atoms with Crippen molar-refractivity contribution in [3.05, 3.63) is 53.6 Å². The molecule has 0 aromatic heterocycles. The second kappa shape index (κ2) is 7.99. The van der Waals surface area contributed by atoms with Gasteiger partial charge in [-0.2, -0.15) is 0 Å². The first-order valence-corrected chi connectivity index (χ1v) is 8.63. The fraction of sp³-hybridized carbons (Fsp3) is 0.300. The van der Waals surface area contributed by atoms with Gasteiger partial charge in [0.2, 0.25) is 0 Å². The van der Waals surface area contributed by atoms with E-state index >= 15 is 0 Å². The lowest BCUT2D eigenvalue weighted by molar-refractivity contribution is 0.0531. The van der Waals surface area contributed by atoms with E-state index in [1.54, 1.807) is 40.1 Å². The van der Waals surface area contributed by atoms with Gasteiger partial charge in [0.05, 0.1) is 14.2 Å². The largest absolute Gasteiger partial charge is 0.508 e. The summed E-state index contributed by atoms with van der Waals surface area (Å²) in [7, 11) is 3.02. The molecule has 2 amide bonds. The lowest BCUT2D eigenvalue weighted by atomic mass is 10.1. The SMILES string of the molecule is COc1cccc(OC)c1C(=O)N1CCN(C(=O)c2cccc(O)c2)CC1. The average molecular weight is 370 g/mol. The summed E-state index contributed by atoms with van der Waals surface area (Å²) in [5, 5.41) is 9.55. The summed E-state index contributed by atoms with van der Waals surface area (Å²) in [5.74, 6) is 0.620. The molecule has 0 bridgehead atoms. The Bertz CT molecular complexity index is 822. The molecule has 2 aromatic rings. The first-order chi connectivity index (χ1) is 13.0. The molecule has 1 N–H and O–H groups in total. The first-order valence-electron chi connectivity index (χ1n) is 8.63. The third-order valence-electron chi connectivity index (χ3n) is 4.59. The number of hydrogen-bond donors (Lipinski definition) is 1. The molecular formula is C20H22N2O5. The molecule has 7 heteroatoms. The van der Waals surface area contributed by atoms with Gasteiger partial charge in [-0.1, -0.05) is 12.1 Å². The van der Waals surface area contributed by atoms with E-state index in [1.807, 2.05) is 0 Å². The molecule has 0 spiro atoms. The Hall–Kier alpha value is -3.22. The van der Waals surface area contributed by atoms with E-state index in [4.69, 9.17) is 9.47 Å². The second-order valence-electron chi connectivity index (χ2n) is 6.17. The van der Waals surface area contributed by atoms with E-state index in [0.29, 0.717) is 48.8 Å². The number of hydrogen-bond acceptors (Lipinski definition) is 5. The third-order valence-corrected chi connectivity index (χ3v) is 4.59. The number of carbonyl (C=O) groups is 2. The average Bonchev–Trinajstić information content (AvgIpc) is 2.72. The number of nitrogens with zero attached hydrogens (tertiary/aromatic N) is 2. The van der Waals surface area contributed by atoms with E-state index in [-0.39, 0.29) is 17.6 Å². The summed E-state index contributed by atoms with van der Waals surface area (Å²) in [6.07, 6.45) is 0. The van der Waals surface area contributed by atoms with Gasteiger partial charge in [-0.15, -0.1) is 0 Å². The maximum absolute atomic E-state index is 13.0. The quantitative estimate of drug-likeness (QED) is 0.891. The van der Waals surface area contributed by atoms with Crippen molar-refractivity contribution in [1.82, 2.24) is 9.80 Å². The van der Waals surface area contributed by atoms with Crippen molar-refractivity contribution < 1.29 is 24.2 Å². The highest BCUT2D eigenvalue weighted by Gasteiger charge is 2.29. The Morgan fingerprint density at radius 3 is 1.89 bits per heavy atom. The molecule has 3 rings (SSSR count). The van der Waals surface area contributed by atoms with Gasteiger partial charge in [-0.3, -0.25) is 9.59 Å². The fourth-order valence-corrected chi connectivity index (χ4v) is 3.15. The predicted octanol–water partition coefficient (Wildman–Crippen LogP) is 2.01. The third kappa shape index (κ3) is 3.81. The van der Waals surface area contributed by atoms with Gasteiger partial charge in [0.1, 0.15) is 22.8 Å². The first kappa shape index (κ1) is 18.6. The van der Waals surface area contributed by atoms with Crippen LogP contribution in [0.2, 0.25) is 0 Å². The van der Waals surface area contributed by atoms with Gasteiger partial charge in [0.15, 0.2) is 0 Å². The van der Waals surface area contributed by atoms with Crippen LogP contribution in [0.4, 0.5) is 0 Å². The number of methoxy groups -OCH3 is 2. The minimum atomic E-state index is -0.186. The van der Waals surface area contributed by atoms with Crippen LogP contribution >= 0.6 is 0 Å². The number of ether oxygens (including phenoxy) is 2. The van der Waals surface area contributed by atoms with Crippen LogP contribution in [-0.4, -0.2) is 67.1 Å². The van der Waals surface area contributed by atoms with Crippen LogP contribution in [0.5, 0.6) is 17.2 Å². The summed E-state index contributed by atoms with van der Waals surface area (Å²) in [5.41, 5.74) is 0.816. The van der Waals surface area contributed by atoms with Gasteiger partial charge < -0.3 is 24.4 Å². The van der Waals surface area contributed by atoms with Gasteiger partial charge in [-0.05, 0) is 30.3 Å². The van der Waals surface area contributed by atoms with Crippen molar-refractivity contribution in [2.45, 2.75) is 0 Å². The van der Waals surface area contributed by atoms with Crippen LogP contribution in [0.1, 0.15) is 20.7 Å². The van der Waals surface area contributed by atoms with Crippen LogP contribution < -0.4 is 9.47 Å². The summed E-state index contributed by atoms with van der Waals surface area (Å²) in [6.45, 7) is 1.64. The zero-order chi connectivity index (χ0) is 19.4. The maximum atomic E-state index is 13.0. The maximum Gasteiger partial charge on any atom is 0.261 e. The topological polar surface area (TPSA) is 79.3 Å². The van der Waals surface area contributed by atoms with Crippen LogP contribution in [0.15, 0.2) is 42.5 Å². The van der Waals surface area contributed by atoms with Crippen molar-refractivity contribution in [2.75, 3.05) is 40.4 Å². The second-order valence-corrected chi connectivity index (χ2v) is 6.17. The Morgan fingerprint density at radius 2 is 1.37 bits per heavy atom. The number of phenols is 1. The molecule has 0 aliphatic carbocycles. The van der Waals surface area contributed by atoms with Crippen molar-refractivity contribution in [2.24, 2.45) is 0 Å². The molecule has 0 radical (unpaired) electrons. The molecule has 1 aliphatic rings. The molecule has 27 heavy (non-hydrogen) atoms. The summed E-state index contributed by atoms with van der Waals surface area (Å²) < 4.78 is 10.6. The number of carbonyl (C=O) groups excluding carboxylic acids is 2. The number of piperazine rings is 1. The number of amides is 2. The van der Waals surface area contributed by atoms with Crippen molar-refractivity contribution in [3.63, 3.8) is 0 Å². The molecule has 1 heterocycles. The predicted molar refractivity (Wildman–Crippen MR) is 99.5 cm³/mol. The molecule has 2 aromatic carbocycles. The van der Waals surface area contributed by atoms with E-state index in [1.165, 1.54) is 26.4 Å². The van der Waals surface area contributed by atoms with Crippen LogP contribution in [-0.2, 0) is 0 Å². The lowest BCUT2D eigenvalue weighted by Gasteiger charge is -2.35. The number of rotatable bonds is 4. The van der Waals surface area contributed by atoms with Gasteiger partial charge >= 0.3 is 0 Å². The van der Waals surface area contributed by atoms with Gasteiger partial charge in [0, 0.05) is 31.7 Å². The molecule has 0 atom stereocenters. The Labute approximate surface area is 157 Å². The smallest absolute Gasteiger partial charge is 0.261 e. The summed E-state index contributed by atoms with van der Waals surface area (Å²) in [4.78, 5) is 28.9. The molecule has 0 saturated carbocycles. The van der Waals surface area contributed by atoms with Crippen LogP contribution in [0.3, 0.4) is 0 Å². The molecule has 7 nitrogen and oxygen atoms in total. The fourth-order valence-electron chi connectivity index (χ4n) is 3.15. The lowest BCUT2D eigenvalue weighted by Crippen LogP contribution is -2.50. The monoisotopic (exact) mass is 370 g/mol. The van der Waals surface area contributed by atoms with E-state index in [2.05, 4.69) is 0 Å². The highest BCUT2D eigenvalue weighted by atomic mass is 16.5. The van der Waals surface area contributed by atoms with Crippen LogP contribution in [0.25, 0.3) is 0 Å².